The van der Waals surface area contributed by atoms with Crippen LogP contribution >= 0.6 is 15.9 Å². The van der Waals surface area contributed by atoms with Gasteiger partial charge in [-0.05, 0) is 43.5 Å². The summed E-state index contributed by atoms with van der Waals surface area (Å²) in [5, 5.41) is 3.47. The Bertz CT molecular complexity index is 378. The number of hydrogen-bond donors (Lipinski definition) is 2. The van der Waals surface area contributed by atoms with E-state index in [-0.39, 0.29) is 0 Å². The molecule has 17 heavy (non-hydrogen) atoms. The van der Waals surface area contributed by atoms with Crippen molar-refractivity contribution in [2.45, 2.75) is 25.4 Å². The third kappa shape index (κ3) is 3.44. The highest BCUT2D eigenvalue weighted by Gasteiger charge is 2.25. The number of benzene rings is 1. The number of methoxy groups -OCH3 is 1. The van der Waals surface area contributed by atoms with Crippen molar-refractivity contribution in [1.29, 1.82) is 0 Å². The molecule has 0 radical (unpaired) electrons. The number of halogens is 1. The SMILES string of the molecule is COc1ccc(Br)cc1CNCC1CC(N)C1. The Kier molecular flexibility index (Phi) is 4.42. The van der Waals surface area contributed by atoms with E-state index in [1.54, 1.807) is 7.11 Å². The fourth-order valence-electron chi connectivity index (χ4n) is 2.25. The van der Waals surface area contributed by atoms with Crippen LogP contribution in [0.2, 0.25) is 0 Å². The first-order valence-electron chi connectivity index (χ1n) is 5.97. The van der Waals surface area contributed by atoms with Gasteiger partial charge in [0.05, 0.1) is 7.11 Å². The van der Waals surface area contributed by atoms with E-state index in [1.807, 2.05) is 12.1 Å². The lowest BCUT2D eigenvalue weighted by atomic mass is 9.81. The third-order valence-electron chi connectivity index (χ3n) is 3.26. The second kappa shape index (κ2) is 5.85. The predicted octanol–water partition coefficient (Wildman–Crippen LogP) is 2.28. The van der Waals surface area contributed by atoms with Gasteiger partial charge in [0.1, 0.15) is 5.75 Å². The van der Waals surface area contributed by atoms with Crippen LogP contribution in [0.15, 0.2) is 22.7 Å². The zero-order chi connectivity index (χ0) is 12.3. The minimum absolute atomic E-state index is 0.433. The minimum atomic E-state index is 0.433. The van der Waals surface area contributed by atoms with Gasteiger partial charge in [-0.3, -0.25) is 0 Å². The summed E-state index contributed by atoms with van der Waals surface area (Å²) in [6.07, 6.45) is 2.31. The van der Waals surface area contributed by atoms with E-state index in [4.69, 9.17) is 10.5 Å². The Labute approximate surface area is 111 Å². The number of ether oxygens (including phenoxy) is 1. The first-order chi connectivity index (χ1) is 8.19. The molecule has 1 fully saturated rings. The van der Waals surface area contributed by atoms with Crippen LogP contribution in [0.1, 0.15) is 18.4 Å². The molecule has 0 heterocycles. The number of nitrogens with two attached hydrogens (primary N) is 1. The molecule has 0 unspecified atom stereocenters. The van der Waals surface area contributed by atoms with Crippen molar-refractivity contribution >= 4 is 15.9 Å². The summed E-state index contributed by atoms with van der Waals surface area (Å²) in [4.78, 5) is 0. The maximum atomic E-state index is 5.76. The van der Waals surface area contributed by atoms with Gasteiger partial charge in [-0.25, -0.2) is 0 Å². The van der Waals surface area contributed by atoms with Crippen molar-refractivity contribution in [2.75, 3.05) is 13.7 Å². The van der Waals surface area contributed by atoms with Crippen LogP contribution in [0, 0.1) is 5.92 Å². The van der Waals surface area contributed by atoms with Crippen LogP contribution in [0.3, 0.4) is 0 Å². The fourth-order valence-corrected chi connectivity index (χ4v) is 2.66. The van der Waals surface area contributed by atoms with Gasteiger partial charge in [0.15, 0.2) is 0 Å². The van der Waals surface area contributed by atoms with Crippen molar-refractivity contribution in [1.82, 2.24) is 5.32 Å². The zero-order valence-corrected chi connectivity index (χ0v) is 11.7. The van der Waals surface area contributed by atoms with Crippen LogP contribution in [-0.2, 0) is 6.54 Å². The van der Waals surface area contributed by atoms with Gasteiger partial charge in [-0.1, -0.05) is 15.9 Å². The summed E-state index contributed by atoms with van der Waals surface area (Å²) >= 11 is 3.48. The zero-order valence-electron chi connectivity index (χ0n) is 10.1. The summed E-state index contributed by atoms with van der Waals surface area (Å²) in [5.41, 5.74) is 6.95. The Morgan fingerprint density at radius 1 is 1.47 bits per heavy atom. The van der Waals surface area contributed by atoms with Gasteiger partial charge in [0.2, 0.25) is 0 Å². The highest BCUT2D eigenvalue weighted by molar-refractivity contribution is 9.10. The summed E-state index contributed by atoms with van der Waals surface area (Å²) in [6.45, 7) is 1.89. The summed E-state index contributed by atoms with van der Waals surface area (Å²) in [6, 6.07) is 6.51. The maximum absolute atomic E-state index is 5.76. The first-order valence-corrected chi connectivity index (χ1v) is 6.77. The fraction of sp³-hybridized carbons (Fsp3) is 0.538. The normalized spacial score (nSPS) is 23.2. The van der Waals surface area contributed by atoms with E-state index >= 15 is 0 Å². The van der Waals surface area contributed by atoms with Gasteiger partial charge in [0, 0.05) is 22.6 Å². The third-order valence-corrected chi connectivity index (χ3v) is 3.76. The van der Waals surface area contributed by atoms with Crippen molar-refractivity contribution in [3.63, 3.8) is 0 Å². The van der Waals surface area contributed by atoms with Gasteiger partial charge in [-0.2, -0.15) is 0 Å². The molecule has 3 N–H and O–H groups in total. The van der Waals surface area contributed by atoms with Crippen LogP contribution in [0.5, 0.6) is 5.75 Å². The second-order valence-electron chi connectivity index (χ2n) is 4.68. The lowest BCUT2D eigenvalue weighted by Gasteiger charge is -2.32. The molecule has 1 aliphatic rings. The van der Waals surface area contributed by atoms with Gasteiger partial charge < -0.3 is 15.8 Å². The molecule has 1 aromatic rings. The van der Waals surface area contributed by atoms with Crippen molar-refractivity contribution in [2.24, 2.45) is 11.7 Å². The minimum Gasteiger partial charge on any atom is -0.496 e. The van der Waals surface area contributed by atoms with E-state index in [0.717, 1.165) is 42.1 Å². The van der Waals surface area contributed by atoms with Crippen molar-refractivity contribution in [3.05, 3.63) is 28.2 Å². The van der Waals surface area contributed by atoms with E-state index in [1.165, 1.54) is 5.56 Å². The van der Waals surface area contributed by atoms with Gasteiger partial charge >= 0.3 is 0 Å². The molecule has 4 heteroatoms. The largest absolute Gasteiger partial charge is 0.496 e. The molecule has 1 aromatic carbocycles. The Hall–Kier alpha value is -0.580. The molecule has 2 rings (SSSR count). The maximum Gasteiger partial charge on any atom is 0.123 e. The quantitative estimate of drug-likeness (QED) is 0.877. The number of rotatable bonds is 5. The Morgan fingerprint density at radius 3 is 2.88 bits per heavy atom. The average molecular weight is 299 g/mol. The standard InChI is InChI=1S/C13H19BrN2O/c1-17-13-3-2-11(14)6-10(13)8-16-7-9-4-12(15)5-9/h2-3,6,9,12,16H,4-5,7-8,15H2,1H3. The molecular weight excluding hydrogens is 280 g/mol. The number of nitrogens with one attached hydrogen (secondary N) is 1. The van der Waals surface area contributed by atoms with Crippen LogP contribution in [0.4, 0.5) is 0 Å². The molecular formula is C13H19BrN2O. The molecule has 0 aliphatic heterocycles. The van der Waals surface area contributed by atoms with E-state index < -0.39 is 0 Å². The molecule has 1 aliphatic carbocycles. The Morgan fingerprint density at radius 2 is 2.24 bits per heavy atom. The molecule has 0 saturated heterocycles. The van der Waals surface area contributed by atoms with Crippen LogP contribution in [-0.4, -0.2) is 19.7 Å². The van der Waals surface area contributed by atoms with E-state index in [0.29, 0.717) is 6.04 Å². The highest BCUT2D eigenvalue weighted by atomic mass is 79.9. The number of hydrogen-bond acceptors (Lipinski definition) is 3. The molecule has 94 valence electrons. The topological polar surface area (TPSA) is 47.3 Å². The molecule has 0 bridgehead atoms. The molecule has 3 nitrogen and oxygen atoms in total. The summed E-state index contributed by atoms with van der Waals surface area (Å²) in [7, 11) is 1.71. The molecule has 0 aromatic heterocycles. The monoisotopic (exact) mass is 298 g/mol. The van der Waals surface area contributed by atoms with Gasteiger partial charge in [-0.15, -0.1) is 0 Å². The smallest absolute Gasteiger partial charge is 0.123 e. The summed E-state index contributed by atoms with van der Waals surface area (Å²) < 4.78 is 6.42. The predicted molar refractivity (Wildman–Crippen MR) is 73.1 cm³/mol. The molecule has 1 saturated carbocycles. The molecule has 0 spiro atoms. The average Bonchev–Trinajstić information content (AvgIpc) is 2.27. The van der Waals surface area contributed by atoms with E-state index in [2.05, 4.69) is 27.3 Å². The lowest BCUT2D eigenvalue weighted by molar-refractivity contribution is 0.255. The first kappa shape index (κ1) is 12.9. The second-order valence-corrected chi connectivity index (χ2v) is 5.60. The van der Waals surface area contributed by atoms with Crippen molar-refractivity contribution < 1.29 is 4.74 Å². The highest BCUT2D eigenvalue weighted by Crippen LogP contribution is 2.25. The summed E-state index contributed by atoms with van der Waals surface area (Å²) in [5.74, 6) is 1.69. The molecule has 0 atom stereocenters. The Balaban J connectivity index is 1.83. The van der Waals surface area contributed by atoms with E-state index in [9.17, 15) is 0 Å². The van der Waals surface area contributed by atoms with Crippen molar-refractivity contribution in [3.8, 4) is 5.75 Å². The van der Waals surface area contributed by atoms with Gasteiger partial charge in [0.25, 0.3) is 0 Å². The lowest BCUT2D eigenvalue weighted by Crippen LogP contribution is -2.41. The van der Waals surface area contributed by atoms with Crippen LogP contribution < -0.4 is 15.8 Å². The molecule has 0 amide bonds. The van der Waals surface area contributed by atoms with Crippen LogP contribution in [0.25, 0.3) is 0 Å².